The third-order valence-corrected chi connectivity index (χ3v) is 5.51. The molecule has 4 rings (SSSR count). The number of fused-ring (bicyclic) bond motifs is 2. The van der Waals surface area contributed by atoms with Gasteiger partial charge in [-0.05, 0) is 67.6 Å². The van der Waals surface area contributed by atoms with Crippen molar-refractivity contribution >= 4 is 10.9 Å². The van der Waals surface area contributed by atoms with E-state index in [9.17, 15) is 0 Å². The Bertz CT molecular complexity index is 1020. The number of nitrogens with zero attached hydrogens (tertiary/aromatic N) is 1. The van der Waals surface area contributed by atoms with Gasteiger partial charge in [0.2, 0.25) is 0 Å². The molecule has 0 saturated heterocycles. The largest absolute Gasteiger partial charge is 0.488 e. The van der Waals surface area contributed by atoms with Gasteiger partial charge in [0.05, 0.1) is 17.7 Å². The summed E-state index contributed by atoms with van der Waals surface area (Å²) in [6.45, 7) is 4.32. The second-order valence-electron chi connectivity index (χ2n) is 7.51. The Morgan fingerprint density at radius 1 is 1.14 bits per heavy atom. The molecule has 0 spiro atoms. The quantitative estimate of drug-likeness (QED) is 0.589. The number of benzene rings is 2. The molecule has 0 fully saturated rings. The Morgan fingerprint density at radius 3 is 2.90 bits per heavy atom. The Kier molecular flexibility index (Phi) is 6.02. The molecule has 1 unspecified atom stereocenters. The summed E-state index contributed by atoms with van der Waals surface area (Å²) < 4.78 is 12.0. The molecular formula is C24H27N3O2. The smallest absolute Gasteiger partial charge is 0.164 e. The predicted octanol–water partition coefficient (Wildman–Crippen LogP) is 4.35. The third-order valence-electron chi connectivity index (χ3n) is 5.51. The first-order valence-corrected chi connectivity index (χ1v) is 10.4. The number of aryl methyl sites for hydroxylation is 2. The zero-order valence-corrected chi connectivity index (χ0v) is 16.8. The Labute approximate surface area is 171 Å². The zero-order valence-electron chi connectivity index (χ0n) is 16.8. The van der Waals surface area contributed by atoms with Gasteiger partial charge in [-0.15, -0.1) is 0 Å². The van der Waals surface area contributed by atoms with Gasteiger partial charge in [0.1, 0.15) is 13.2 Å². The SMILES string of the molecule is CCc1cccc2c1OCC(NCCCCc1c[nH]c3ccc(C#N)cc13)CO2. The summed E-state index contributed by atoms with van der Waals surface area (Å²) in [4.78, 5) is 3.30. The lowest BCUT2D eigenvalue weighted by Gasteiger charge is -2.15. The van der Waals surface area contributed by atoms with Crippen molar-refractivity contribution in [2.45, 2.75) is 38.6 Å². The van der Waals surface area contributed by atoms with E-state index in [1.54, 1.807) is 0 Å². The summed E-state index contributed by atoms with van der Waals surface area (Å²) in [6.07, 6.45) is 6.17. The van der Waals surface area contributed by atoms with E-state index in [4.69, 9.17) is 14.7 Å². The lowest BCUT2D eigenvalue weighted by Crippen LogP contribution is -2.39. The maximum atomic E-state index is 9.11. The molecule has 150 valence electrons. The number of rotatable bonds is 7. The van der Waals surface area contributed by atoms with E-state index in [1.165, 1.54) is 11.1 Å². The highest BCUT2D eigenvalue weighted by Crippen LogP contribution is 2.33. The number of unbranched alkanes of at least 4 members (excludes halogenated alkanes) is 1. The molecule has 1 aromatic heterocycles. The molecule has 0 bridgehead atoms. The van der Waals surface area contributed by atoms with Crippen LogP contribution in [-0.2, 0) is 12.8 Å². The molecule has 2 N–H and O–H groups in total. The maximum Gasteiger partial charge on any atom is 0.164 e. The molecule has 5 heteroatoms. The maximum absolute atomic E-state index is 9.11. The van der Waals surface area contributed by atoms with Gasteiger partial charge in [-0.3, -0.25) is 0 Å². The molecule has 0 amide bonds. The fourth-order valence-corrected chi connectivity index (χ4v) is 3.86. The highest BCUT2D eigenvalue weighted by atomic mass is 16.5. The number of aromatic nitrogens is 1. The van der Waals surface area contributed by atoms with Crippen LogP contribution in [0.15, 0.2) is 42.6 Å². The standard InChI is InChI=1S/C24H27N3O2/c1-2-18-7-5-8-23-24(18)29-16-20(15-28-23)26-11-4-3-6-19-14-27-22-10-9-17(13-25)12-21(19)22/h5,7-10,12,14,20,26-27H,2-4,6,11,15-16H2,1H3. The van der Waals surface area contributed by atoms with Gasteiger partial charge in [0.15, 0.2) is 11.5 Å². The number of nitriles is 1. The topological polar surface area (TPSA) is 70.1 Å². The first-order chi connectivity index (χ1) is 14.3. The lowest BCUT2D eigenvalue weighted by molar-refractivity contribution is 0.233. The molecule has 1 atom stereocenters. The zero-order chi connectivity index (χ0) is 20.1. The van der Waals surface area contributed by atoms with E-state index in [0.717, 1.165) is 54.6 Å². The fourth-order valence-electron chi connectivity index (χ4n) is 3.86. The van der Waals surface area contributed by atoms with Crippen molar-refractivity contribution in [2.24, 2.45) is 0 Å². The molecule has 3 aromatic rings. The Hall–Kier alpha value is -2.97. The van der Waals surface area contributed by atoms with E-state index < -0.39 is 0 Å². The average Bonchev–Trinajstić information content (AvgIpc) is 3.04. The van der Waals surface area contributed by atoms with Crippen LogP contribution in [0.4, 0.5) is 0 Å². The second kappa shape index (κ2) is 9.02. The molecule has 1 aliphatic heterocycles. The van der Waals surface area contributed by atoms with Crippen LogP contribution in [0.3, 0.4) is 0 Å². The van der Waals surface area contributed by atoms with Gasteiger partial charge in [0.25, 0.3) is 0 Å². The van der Waals surface area contributed by atoms with Crippen LogP contribution in [-0.4, -0.2) is 30.8 Å². The van der Waals surface area contributed by atoms with Crippen LogP contribution in [0, 0.1) is 11.3 Å². The van der Waals surface area contributed by atoms with Crippen molar-refractivity contribution < 1.29 is 9.47 Å². The molecule has 0 aliphatic carbocycles. The number of H-pyrrole nitrogens is 1. The monoisotopic (exact) mass is 389 g/mol. The number of hydrogen-bond acceptors (Lipinski definition) is 4. The summed E-state index contributed by atoms with van der Waals surface area (Å²) in [5, 5.41) is 13.8. The molecule has 1 aliphatic rings. The number of ether oxygens (including phenoxy) is 2. The van der Waals surface area contributed by atoms with Gasteiger partial charge >= 0.3 is 0 Å². The summed E-state index contributed by atoms with van der Waals surface area (Å²) in [6, 6.07) is 14.3. The lowest BCUT2D eigenvalue weighted by atomic mass is 10.1. The van der Waals surface area contributed by atoms with Crippen LogP contribution in [0.25, 0.3) is 10.9 Å². The minimum atomic E-state index is 0.193. The highest BCUT2D eigenvalue weighted by molar-refractivity contribution is 5.84. The first-order valence-electron chi connectivity index (χ1n) is 10.4. The normalized spacial score (nSPS) is 15.8. The number of nitrogens with one attached hydrogen (secondary N) is 2. The van der Waals surface area contributed by atoms with Crippen molar-refractivity contribution in [3.8, 4) is 17.6 Å². The number of aromatic amines is 1. The highest BCUT2D eigenvalue weighted by Gasteiger charge is 2.19. The molecule has 0 saturated carbocycles. The van der Waals surface area contributed by atoms with Crippen molar-refractivity contribution in [2.75, 3.05) is 19.8 Å². The molecular weight excluding hydrogens is 362 g/mol. The number of hydrogen-bond donors (Lipinski definition) is 2. The summed E-state index contributed by atoms with van der Waals surface area (Å²) in [5.74, 6) is 1.75. The molecule has 0 radical (unpaired) electrons. The van der Waals surface area contributed by atoms with Gasteiger partial charge < -0.3 is 19.8 Å². The molecule has 2 aromatic carbocycles. The van der Waals surface area contributed by atoms with Gasteiger partial charge in [-0.2, -0.15) is 5.26 Å². The fraction of sp³-hybridized carbons (Fsp3) is 0.375. The van der Waals surface area contributed by atoms with Crippen molar-refractivity contribution in [3.63, 3.8) is 0 Å². The van der Waals surface area contributed by atoms with Crippen LogP contribution < -0.4 is 14.8 Å². The van der Waals surface area contributed by atoms with Crippen molar-refractivity contribution in [1.29, 1.82) is 5.26 Å². The van der Waals surface area contributed by atoms with Crippen LogP contribution in [0.1, 0.15) is 36.5 Å². The van der Waals surface area contributed by atoms with Crippen LogP contribution >= 0.6 is 0 Å². The first kappa shape index (κ1) is 19.4. The van der Waals surface area contributed by atoms with Gasteiger partial charge in [-0.25, -0.2) is 0 Å². The van der Waals surface area contributed by atoms with E-state index in [-0.39, 0.29) is 6.04 Å². The second-order valence-corrected chi connectivity index (χ2v) is 7.51. The predicted molar refractivity (Wildman–Crippen MR) is 115 cm³/mol. The summed E-state index contributed by atoms with van der Waals surface area (Å²) in [5.41, 5.74) is 4.28. The van der Waals surface area contributed by atoms with Gasteiger partial charge in [0, 0.05) is 17.1 Å². The van der Waals surface area contributed by atoms with Crippen molar-refractivity contribution in [1.82, 2.24) is 10.3 Å². The summed E-state index contributed by atoms with van der Waals surface area (Å²) >= 11 is 0. The summed E-state index contributed by atoms with van der Waals surface area (Å²) in [7, 11) is 0. The van der Waals surface area contributed by atoms with Crippen LogP contribution in [0.2, 0.25) is 0 Å². The van der Waals surface area contributed by atoms with E-state index >= 15 is 0 Å². The van der Waals surface area contributed by atoms with Crippen molar-refractivity contribution in [3.05, 3.63) is 59.3 Å². The molecule has 29 heavy (non-hydrogen) atoms. The molecule has 2 heterocycles. The minimum Gasteiger partial charge on any atom is -0.488 e. The van der Waals surface area contributed by atoms with E-state index in [1.807, 2.05) is 30.3 Å². The van der Waals surface area contributed by atoms with E-state index in [2.05, 4.69) is 35.6 Å². The van der Waals surface area contributed by atoms with Gasteiger partial charge in [-0.1, -0.05) is 19.1 Å². The van der Waals surface area contributed by atoms with E-state index in [0.29, 0.717) is 18.8 Å². The minimum absolute atomic E-state index is 0.193. The Morgan fingerprint density at radius 2 is 2.03 bits per heavy atom. The van der Waals surface area contributed by atoms with Crippen LogP contribution in [0.5, 0.6) is 11.5 Å². The average molecular weight is 389 g/mol. The molecule has 5 nitrogen and oxygen atoms in total. The third kappa shape index (κ3) is 4.38. The Balaban J connectivity index is 1.24. The number of para-hydroxylation sites is 1.